The van der Waals surface area contributed by atoms with Crippen molar-refractivity contribution in [1.82, 2.24) is 89.7 Å². The molecule has 0 radical (unpaired) electrons. The second kappa shape index (κ2) is 58.1. The normalized spacial score (nSPS) is 15.7. The van der Waals surface area contributed by atoms with Gasteiger partial charge in [-0.3, -0.25) is 76.7 Å². The number of hydrogen-bond acceptors (Lipinski definition) is 25. The van der Waals surface area contributed by atoms with E-state index < -0.39 is 211 Å². The van der Waals surface area contributed by atoms with Crippen molar-refractivity contribution in [3.05, 3.63) is 18.2 Å². The van der Waals surface area contributed by atoms with Crippen LogP contribution in [0.1, 0.15) is 178 Å². The molecule has 0 saturated heterocycles. The van der Waals surface area contributed by atoms with Crippen molar-refractivity contribution < 1.29 is 86.9 Å². The number of unbranched alkanes of at least 4 members (excludes halogenated alkanes) is 3. The fourth-order valence-corrected chi connectivity index (χ4v) is 12.7. The first-order valence-electron chi connectivity index (χ1n) is 40.2. The SMILES string of the molecule is CC[C@H](C)[C@H](NC(=O)CN)C(=O)N[C@@H](CCSC)C(=O)N[C@@H](CO)C(=O)N[C@@H](CO)C(=O)N[C@@H](CC(C)C)C(=O)N[C@@H](CCSC)C(=O)N[C@@H](CCCCN)C(=O)N[C@@H](CCCCN)C(=O)N[C@@H](CC(C)C)C(=O)N[C@@H](C)C(=O)N[C@@H](C)C(=O)N[C@@H](Cc1cnc[nH]1)C(=O)N[C@H](C(=O)N[C@@H](C)C(=O)N[C@@H](CCCCN)C(N)=O)[C@@H](C)CC. The summed E-state index contributed by atoms with van der Waals surface area (Å²) in [6.45, 7) is 16.4. The van der Waals surface area contributed by atoms with Crippen LogP contribution in [0.5, 0.6) is 0 Å². The number of hydrogen-bond donors (Lipinski definition) is 23. The van der Waals surface area contributed by atoms with Crippen LogP contribution in [0.4, 0.5) is 0 Å². The number of nitrogens with one attached hydrogen (secondary N) is 16. The van der Waals surface area contributed by atoms with E-state index in [1.54, 1.807) is 67.9 Å². The number of aliphatic hydroxyl groups excluding tert-OH is 2. The summed E-state index contributed by atoms with van der Waals surface area (Å²) in [5.41, 5.74) is 28.7. The summed E-state index contributed by atoms with van der Waals surface area (Å²) < 4.78 is 0. The molecule has 0 unspecified atom stereocenters. The van der Waals surface area contributed by atoms with Gasteiger partial charge >= 0.3 is 0 Å². The average Bonchev–Trinajstić information content (AvgIpc) is 1.64. The summed E-state index contributed by atoms with van der Waals surface area (Å²) in [4.78, 5) is 228. The molecule has 117 heavy (non-hydrogen) atoms. The number of primary amides is 1. The molecule has 0 aliphatic carbocycles. The highest BCUT2D eigenvalue weighted by Gasteiger charge is 2.39. The molecular weight excluding hydrogens is 1560 g/mol. The Kier molecular flexibility index (Phi) is 52.8. The molecule has 17 atom stereocenters. The van der Waals surface area contributed by atoms with Gasteiger partial charge in [0.25, 0.3) is 0 Å². The van der Waals surface area contributed by atoms with Crippen molar-refractivity contribution in [2.75, 3.05) is 63.4 Å². The molecule has 0 aromatic carbocycles. The van der Waals surface area contributed by atoms with Crippen LogP contribution in [0.2, 0.25) is 0 Å². The molecule has 0 aliphatic heterocycles. The largest absolute Gasteiger partial charge is 0.394 e. The van der Waals surface area contributed by atoms with E-state index in [4.69, 9.17) is 28.7 Å². The molecule has 0 aliphatic rings. The van der Waals surface area contributed by atoms with E-state index in [2.05, 4.69) is 89.7 Å². The Morgan fingerprint density at radius 3 is 1.03 bits per heavy atom. The highest BCUT2D eigenvalue weighted by Crippen LogP contribution is 2.16. The third-order valence-electron chi connectivity index (χ3n) is 19.2. The van der Waals surface area contributed by atoms with Crippen molar-refractivity contribution in [3.8, 4) is 0 Å². The number of imidazole rings is 1. The lowest BCUT2D eigenvalue weighted by atomic mass is 9.97. The Morgan fingerprint density at radius 1 is 0.376 bits per heavy atom. The maximum Gasteiger partial charge on any atom is 0.245 e. The van der Waals surface area contributed by atoms with Crippen LogP contribution in [0.15, 0.2) is 12.5 Å². The first-order chi connectivity index (χ1) is 55.3. The zero-order valence-corrected chi connectivity index (χ0v) is 71.8. The number of rotatable bonds is 61. The second-order valence-corrected chi connectivity index (χ2v) is 32.0. The minimum atomic E-state index is -1.78. The fraction of sp³-hybridized carbons (Fsp3) is 0.747. The highest BCUT2D eigenvalue weighted by atomic mass is 32.2. The number of amides is 16. The first kappa shape index (κ1) is 106. The summed E-state index contributed by atoms with van der Waals surface area (Å²) in [6.07, 6.45) is 9.69. The van der Waals surface area contributed by atoms with Crippen molar-refractivity contribution in [2.24, 2.45) is 52.3 Å². The molecule has 42 heteroatoms. The van der Waals surface area contributed by atoms with Crippen LogP contribution < -0.4 is 108 Å². The number of aliphatic hydroxyl groups is 2. The molecule has 0 spiro atoms. The van der Waals surface area contributed by atoms with Crippen LogP contribution in [0, 0.1) is 23.7 Å². The minimum absolute atomic E-state index is 0.00356. The van der Waals surface area contributed by atoms with Gasteiger partial charge in [-0.25, -0.2) is 4.98 Å². The predicted molar refractivity (Wildman–Crippen MR) is 443 cm³/mol. The minimum Gasteiger partial charge on any atom is -0.394 e. The Bertz CT molecular complexity index is 3310. The summed E-state index contributed by atoms with van der Waals surface area (Å²) in [5, 5.41) is 59.6. The molecule has 1 heterocycles. The smallest absolute Gasteiger partial charge is 0.245 e. The number of aromatic amines is 1. The Labute approximate surface area is 695 Å². The number of nitrogens with zero attached hydrogens (tertiary/aromatic N) is 1. The van der Waals surface area contributed by atoms with E-state index in [1.807, 2.05) is 0 Å². The fourth-order valence-electron chi connectivity index (χ4n) is 11.7. The molecule has 0 saturated carbocycles. The summed E-state index contributed by atoms with van der Waals surface area (Å²) >= 11 is 2.68. The summed E-state index contributed by atoms with van der Waals surface area (Å²) in [7, 11) is 0. The molecule has 40 nitrogen and oxygen atoms in total. The van der Waals surface area contributed by atoms with Crippen LogP contribution in [-0.2, 0) is 83.1 Å². The van der Waals surface area contributed by atoms with Crippen LogP contribution in [0.25, 0.3) is 0 Å². The van der Waals surface area contributed by atoms with Crippen LogP contribution >= 0.6 is 23.5 Å². The predicted octanol–water partition coefficient (Wildman–Crippen LogP) is -5.21. The van der Waals surface area contributed by atoms with Gasteiger partial charge in [0.05, 0.1) is 26.1 Å². The Hall–Kier alpha value is -8.81. The number of thioether (sulfide) groups is 2. The van der Waals surface area contributed by atoms with Gasteiger partial charge in [-0.15, -0.1) is 0 Å². The summed E-state index contributed by atoms with van der Waals surface area (Å²) in [6, 6.07) is -20.2. The third kappa shape index (κ3) is 40.5. The van der Waals surface area contributed by atoms with Gasteiger partial charge in [0, 0.05) is 18.3 Å². The van der Waals surface area contributed by atoms with E-state index >= 15 is 0 Å². The molecule has 28 N–H and O–H groups in total. The van der Waals surface area contributed by atoms with E-state index in [0.29, 0.717) is 75.1 Å². The highest BCUT2D eigenvalue weighted by molar-refractivity contribution is 7.98. The Morgan fingerprint density at radius 2 is 0.675 bits per heavy atom. The maximum absolute atomic E-state index is 14.6. The zero-order valence-electron chi connectivity index (χ0n) is 70.2. The molecule has 16 amide bonds. The van der Waals surface area contributed by atoms with Gasteiger partial charge in [0.15, 0.2) is 0 Å². The molecule has 1 rings (SSSR count). The quantitative estimate of drug-likeness (QED) is 0.0271. The lowest BCUT2D eigenvalue weighted by Crippen LogP contribution is -2.61. The number of nitrogens with two attached hydrogens (primary N) is 5. The number of aromatic nitrogens is 2. The molecule has 1 aromatic rings. The lowest BCUT2D eigenvalue weighted by molar-refractivity contribution is -0.137. The second-order valence-electron chi connectivity index (χ2n) is 30.0. The molecule has 0 fully saturated rings. The van der Waals surface area contributed by atoms with Gasteiger partial charge in [-0.2, -0.15) is 23.5 Å². The maximum atomic E-state index is 14.6. The molecular formula is C75H136N22O18S2. The lowest BCUT2D eigenvalue weighted by Gasteiger charge is -2.29. The third-order valence-corrected chi connectivity index (χ3v) is 20.5. The standard InChI is InChI=1S/C75H136N22O18S2/c1-14-42(7)59(96-58(100)35-79)75(115)90-52(26-31-117-13)68(108)94-57(38-99)73(113)95-56(37-98)72(112)93-54(33-41(5)6)70(110)89-51(25-30-116-12)67(107)88-49(23-17-20-28-77)65(105)87-50(24-18-21-29-78)66(106)92-53(32-40(3)4)69(109)84-44(9)62(102)83-45(10)64(104)91-55(34-47-36-81-39-82-47)71(111)97-60(43(8)15-2)74(114)85-46(11)63(103)86-48(61(80)101)22-16-19-27-76/h36,39-46,48-57,59-60,98-99H,14-35,37-38,76-79H2,1-13H3,(H2,80,101)(H,81,82)(H,83,102)(H,84,109)(H,85,114)(H,86,103)(H,87,105)(H,88,107)(H,89,110)(H,90,115)(H,91,104)(H,92,106)(H,93,112)(H,94,108)(H,95,113)(H,96,100)(H,97,111)/t42-,43-,44-,45-,46-,48-,49-,50-,51-,52-,53-,54-,55-,56-,57-,59-,60-/m0/s1. The van der Waals surface area contributed by atoms with E-state index in [1.165, 1.54) is 56.8 Å². The van der Waals surface area contributed by atoms with Crippen LogP contribution in [0.3, 0.4) is 0 Å². The van der Waals surface area contributed by atoms with Crippen molar-refractivity contribution in [1.29, 1.82) is 0 Å². The molecule has 0 bridgehead atoms. The van der Waals surface area contributed by atoms with E-state index in [-0.39, 0.29) is 82.2 Å². The first-order valence-corrected chi connectivity index (χ1v) is 43.0. The van der Waals surface area contributed by atoms with Crippen molar-refractivity contribution in [2.45, 2.75) is 270 Å². The van der Waals surface area contributed by atoms with Gasteiger partial charge in [-0.1, -0.05) is 68.2 Å². The summed E-state index contributed by atoms with van der Waals surface area (Å²) in [5.74, 6) is -14.1. The Balaban J connectivity index is 3.47. The molecule has 666 valence electrons. The van der Waals surface area contributed by atoms with Gasteiger partial charge < -0.3 is 124 Å². The molecule has 1 aromatic heterocycles. The van der Waals surface area contributed by atoms with Crippen LogP contribution in [-0.4, -0.2) is 269 Å². The number of H-pyrrole nitrogens is 1. The number of carbonyl (C=O) groups is 16. The monoisotopic (exact) mass is 1700 g/mol. The zero-order chi connectivity index (χ0) is 88.6. The number of carbonyl (C=O) groups excluding carboxylic acids is 16. The topological polar surface area (TPSA) is 653 Å². The van der Waals surface area contributed by atoms with Crippen molar-refractivity contribution in [3.63, 3.8) is 0 Å². The van der Waals surface area contributed by atoms with Crippen molar-refractivity contribution >= 4 is 118 Å². The van der Waals surface area contributed by atoms with Gasteiger partial charge in [0.2, 0.25) is 94.5 Å². The van der Waals surface area contributed by atoms with Gasteiger partial charge in [0.1, 0.15) is 90.6 Å². The van der Waals surface area contributed by atoms with Gasteiger partial charge in [-0.05, 0) is 172 Å². The average molecular weight is 1700 g/mol. The van der Waals surface area contributed by atoms with E-state index in [9.17, 15) is 86.9 Å². The van der Waals surface area contributed by atoms with E-state index in [0.717, 1.165) is 0 Å².